The lowest BCUT2D eigenvalue weighted by Crippen LogP contribution is -2.50. The summed E-state index contributed by atoms with van der Waals surface area (Å²) in [6.07, 6.45) is -8.48. The van der Waals surface area contributed by atoms with Crippen molar-refractivity contribution in [1.82, 2.24) is 11.0 Å². The maximum Gasteiger partial charge on any atom is 0.435 e. The highest BCUT2D eigenvalue weighted by Gasteiger charge is 2.73. The minimum Gasteiger partial charge on any atom is -0.301 e. The Bertz CT molecular complexity index is 1200. The van der Waals surface area contributed by atoms with Gasteiger partial charge in [0.1, 0.15) is 0 Å². The van der Waals surface area contributed by atoms with E-state index in [1.807, 2.05) is 0 Å². The largest absolute Gasteiger partial charge is 0.435 e. The maximum atomic E-state index is 14.6. The molecule has 0 amide bonds. The highest BCUT2D eigenvalue weighted by molar-refractivity contribution is 6.34. The molecule has 1 saturated carbocycles. The second-order valence-corrected chi connectivity index (χ2v) is 9.43. The van der Waals surface area contributed by atoms with Crippen LogP contribution in [0.4, 0.5) is 36.4 Å². The Morgan fingerprint density at radius 3 is 2.11 bits per heavy atom. The topological polar surface area (TPSA) is 44.4 Å². The van der Waals surface area contributed by atoms with Gasteiger partial charge in [0.2, 0.25) is 0 Å². The first-order chi connectivity index (χ1) is 16.6. The first-order valence-electron chi connectivity index (χ1n) is 10.9. The smallest absolute Gasteiger partial charge is 0.301 e. The van der Waals surface area contributed by atoms with Crippen LogP contribution in [0.25, 0.3) is 5.70 Å². The quantitative estimate of drug-likeness (QED) is 0.307. The van der Waals surface area contributed by atoms with Crippen LogP contribution in [-0.2, 0) is 5.67 Å². The molecule has 1 aliphatic carbocycles. The number of hydrazine groups is 2. The highest BCUT2D eigenvalue weighted by Crippen LogP contribution is 2.53. The van der Waals surface area contributed by atoms with Crippen LogP contribution >= 0.6 is 11.6 Å². The summed E-state index contributed by atoms with van der Waals surface area (Å²) in [4.78, 5) is 12.6. The fourth-order valence-corrected chi connectivity index (χ4v) is 4.45. The number of alkyl halides is 7. The molecule has 0 saturated heterocycles. The first-order valence-corrected chi connectivity index (χ1v) is 11.3. The highest BCUT2D eigenvalue weighted by atomic mass is 35.5. The molecule has 36 heavy (non-hydrogen) atoms. The van der Waals surface area contributed by atoms with E-state index in [0.29, 0.717) is 52.0 Å². The van der Waals surface area contributed by atoms with Crippen molar-refractivity contribution in [2.75, 3.05) is 5.01 Å². The summed E-state index contributed by atoms with van der Waals surface area (Å²) in [6, 6.07) is 5.88. The molecule has 194 valence electrons. The van der Waals surface area contributed by atoms with Crippen LogP contribution in [0.15, 0.2) is 36.5 Å². The van der Waals surface area contributed by atoms with Crippen molar-refractivity contribution in [2.45, 2.75) is 51.1 Å². The Hall–Kier alpha value is -2.79. The number of nitrogens with one attached hydrogen (secondary N) is 2. The van der Waals surface area contributed by atoms with Gasteiger partial charge in [-0.1, -0.05) is 23.7 Å². The second kappa shape index (κ2) is 8.95. The third kappa shape index (κ3) is 4.66. The molecule has 0 atom stereocenters. The van der Waals surface area contributed by atoms with Crippen LogP contribution in [0.5, 0.6) is 0 Å². The molecule has 1 aliphatic heterocycles. The molecule has 0 spiro atoms. The van der Waals surface area contributed by atoms with Crippen molar-refractivity contribution in [2.24, 2.45) is 5.92 Å². The molecular weight excluding hydrogens is 515 g/mol. The molecule has 1 fully saturated rings. The normalized spacial score (nSPS) is 16.7. The average Bonchev–Trinajstić information content (AvgIpc) is 3.44. The van der Waals surface area contributed by atoms with Gasteiger partial charge in [0.15, 0.2) is 5.78 Å². The van der Waals surface area contributed by atoms with Crippen LogP contribution in [0, 0.1) is 19.8 Å². The predicted molar refractivity (Wildman–Crippen MR) is 121 cm³/mol. The third-order valence-electron chi connectivity index (χ3n) is 6.25. The number of hydrogen-bond acceptors (Lipinski definition) is 4. The van der Waals surface area contributed by atoms with Crippen molar-refractivity contribution in [3.63, 3.8) is 0 Å². The fraction of sp³-hybridized carbons (Fsp3) is 0.375. The number of carbonyl (C=O) groups is 1. The van der Waals surface area contributed by atoms with Crippen molar-refractivity contribution in [3.05, 3.63) is 69.4 Å². The van der Waals surface area contributed by atoms with Gasteiger partial charge in [-0.05, 0) is 61.9 Å². The summed E-state index contributed by atoms with van der Waals surface area (Å²) in [5, 5.41) is 1.78. The summed E-state index contributed by atoms with van der Waals surface area (Å²) in [5.74, 6) is 0.272. The lowest BCUT2D eigenvalue weighted by atomic mass is 9.88. The van der Waals surface area contributed by atoms with E-state index in [1.165, 1.54) is 25.1 Å². The number of nitrogens with zero attached hydrogens (tertiary/aromatic N) is 1. The lowest BCUT2D eigenvalue weighted by molar-refractivity contribution is -0.348. The Kier molecular flexibility index (Phi) is 6.53. The van der Waals surface area contributed by atoms with E-state index in [0.717, 1.165) is 12.8 Å². The lowest BCUT2D eigenvalue weighted by Gasteiger charge is -2.31. The summed E-state index contributed by atoms with van der Waals surface area (Å²) < 4.78 is 93.8. The van der Waals surface area contributed by atoms with Crippen molar-refractivity contribution in [1.29, 1.82) is 0 Å². The van der Waals surface area contributed by atoms with Gasteiger partial charge in [0, 0.05) is 29.3 Å². The number of rotatable bonds is 6. The molecule has 2 aromatic rings. The van der Waals surface area contributed by atoms with Gasteiger partial charge in [-0.25, -0.2) is 4.39 Å². The number of carbonyl (C=O) groups excluding carboxylic acids is 1. The average molecular weight is 536 g/mol. The minimum atomic E-state index is -6.20. The van der Waals surface area contributed by atoms with Gasteiger partial charge in [-0.15, -0.1) is 5.53 Å². The molecule has 0 aromatic heterocycles. The molecule has 0 radical (unpaired) electrons. The zero-order chi connectivity index (χ0) is 26.6. The molecule has 4 nitrogen and oxygen atoms in total. The number of Topliss-reactive ketones (excluding diaryl/α,β-unsaturated/α-hetero) is 1. The van der Waals surface area contributed by atoms with E-state index in [4.69, 9.17) is 11.6 Å². The summed E-state index contributed by atoms with van der Waals surface area (Å²) in [7, 11) is 0. The van der Waals surface area contributed by atoms with E-state index in [9.17, 15) is 35.5 Å². The van der Waals surface area contributed by atoms with E-state index in [1.54, 1.807) is 18.2 Å². The van der Waals surface area contributed by atoms with Gasteiger partial charge in [0.05, 0.1) is 16.4 Å². The van der Waals surface area contributed by atoms with E-state index in [-0.39, 0.29) is 16.9 Å². The molecular formula is C24H21ClF7N3O. The standard InChI is InChI=1S/C24H21ClF7N3O/c1-12-7-15(22(26,23(27,28)29)24(30,31)32)8-13(2)21(12)19-11-35(34-33-19)16-5-6-18(25)17(10-16)20(36)9-14-3-4-14/h5-8,10-11,14,33-34H,3-4,9H2,1-2H3. The molecule has 4 rings (SSSR count). The Labute approximate surface area is 207 Å². The Morgan fingerprint density at radius 1 is 1.00 bits per heavy atom. The molecule has 0 bridgehead atoms. The molecule has 0 unspecified atom stereocenters. The molecule has 2 aromatic carbocycles. The maximum absolute atomic E-state index is 14.6. The van der Waals surface area contributed by atoms with E-state index >= 15 is 0 Å². The third-order valence-corrected chi connectivity index (χ3v) is 6.58. The predicted octanol–water partition coefficient (Wildman–Crippen LogP) is 7.06. The number of anilines is 1. The first kappa shape index (κ1) is 26.3. The van der Waals surface area contributed by atoms with Crippen LogP contribution in [-0.4, -0.2) is 18.1 Å². The van der Waals surface area contributed by atoms with Crippen molar-refractivity contribution in [3.8, 4) is 0 Å². The zero-order valence-electron chi connectivity index (χ0n) is 19.0. The monoisotopic (exact) mass is 535 g/mol. The zero-order valence-corrected chi connectivity index (χ0v) is 19.8. The van der Waals surface area contributed by atoms with Gasteiger partial charge in [-0.2, -0.15) is 26.3 Å². The number of aryl methyl sites for hydroxylation is 2. The van der Waals surface area contributed by atoms with Crippen LogP contribution in [0.3, 0.4) is 0 Å². The van der Waals surface area contributed by atoms with Gasteiger partial charge in [0.25, 0.3) is 0 Å². The second-order valence-electron chi connectivity index (χ2n) is 9.02. The van der Waals surface area contributed by atoms with Gasteiger partial charge < -0.3 is 5.43 Å². The number of halogens is 8. The molecule has 2 N–H and O–H groups in total. The summed E-state index contributed by atoms with van der Waals surface area (Å²) in [5.41, 5.74) is 0.0424. The number of ketones is 1. The van der Waals surface area contributed by atoms with Crippen LogP contribution < -0.4 is 16.0 Å². The SMILES string of the molecule is Cc1cc(C(F)(C(F)(F)F)C(F)(F)F)cc(C)c1C1=CN(c2ccc(Cl)c(C(=O)CC3CC3)c2)NN1. The minimum absolute atomic E-state index is 0.000619. The number of hydrogen-bond donors (Lipinski definition) is 2. The Balaban J connectivity index is 1.67. The Morgan fingerprint density at radius 2 is 1.58 bits per heavy atom. The van der Waals surface area contributed by atoms with Crippen LogP contribution in [0.2, 0.25) is 5.02 Å². The van der Waals surface area contributed by atoms with E-state index < -0.39 is 23.6 Å². The summed E-state index contributed by atoms with van der Waals surface area (Å²) in [6.45, 7) is 2.59. The van der Waals surface area contributed by atoms with Crippen LogP contribution in [0.1, 0.15) is 51.9 Å². The summed E-state index contributed by atoms with van der Waals surface area (Å²) >= 11 is 6.20. The van der Waals surface area contributed by atoms with Gasteiger partial charge in [-0.3, -0.25) is 9.80 Å². The fourth-order valence-electron chi connectivity index (χ4n) is 4.23. The molecule has 12 heteroatoms. The van der Waals surface area contributed by atoms with Crippen molar-refractivity contribution >= 4 is 28.8 Å². The molecule has 1 heterocycles. The van der Waals surface area contributed by atoms with Gasteiger partial charge >= 0.3 is 18.0 Å². The number of benzene rings is 2. The van der Waals surface area contributed by atoms with E-state index in [2.05, 4.69) is 11.0 Å². The molecule has 2 aliphatic rings. The van der Waals surface area contributed by atoms with Crippen molar-refractivity contribution < 1.29 is 35.5 Å².